The highest BCUT2D eigenvalue weighted by Gasteiger charge is 2.58. The van der Waals surface area contributed by atoms with Crippen molar-refractivity contribution < 1.29 is 4.79 Å². The Morgan fingerprint density at radius 2 is 2.33 bits per heavy atom. The summed E-state index contributed by atoms with van der Waals surface area (Å²) in [6, 6.07) is 2.35. The first kappa shape index (κ1) is 12.8. The first-order valence-corrected chi connectivity index (χ1v) is 7.92. The highest BCUT2D eigenvalue weighted by Crippen LogP contribution is 2.54. The summed E-state index contributed by atoms with van der Waals surface area (Å²) in [6.07, 6.45) is 2.50. The van der Waals surface area contributed by atoms with Crippen LogP contribution in [-0.4, -0.2) is 21.7 Å². The van der Waals surface area contributed by atoms with Gasteiger partial charge in [-0.2, -0.15) is 0 Å². The van der Waals surface area contributed by atoms with Crippen molar-refractivity contribution in [1.82, 2.24) is 4.90 Å². The van der Waals surface area contributed by atoms with E-state index in [0.29, 0.717) is 6.42 Å². The molecule has 2 heterocycles. The van der Waals surface area contributed by atoms with Gasteiger partial charge in [0.2, 0.25) is 5.91 Å². The van der Waals surface area contributed by atoms with Gasteiger partial charge in [0.1, 0.15) is 4.33 Å². The first-order chi connectivity index (χ1) is 8.54. The van der Waals surface area contributed by atoms with E-state index < -0.39 is 4.33 Å². The molecule has 1 fully saturated rings. The first-order valence-electron chi connectivity index (χ1n) is 6.29. The van der Waals surface area contributed by atoms with Crippen molar-refractivity contribution in [1.29, 1.82) is 0 Å². The summed E-state index contributed by atoms with van der Waals surface area (Å²) >= 11 is 13.8. The molecule has 18 heavy (non-hydrogen) atoms. The zero-order valence-corrected chi connectivity index (χ0v) is 12.5. The molecule has 0 saturated heterocycles. The molecular formula is C13H15Cl2NOS. The molecule has 2 nitrogen and oxygen atoms in total. The molecular weight excluding hydrogens is 289 g/mol. The van der Waals surface area contributed by atoms with Crippen molar-refractivity contribution in [2.45, 2.75) is 36.6 Å². The van der Waals surface area contributed by atoms with Gasteiger partial charge in [-0.05, 0) is 36.3 Å². The molecule has 2 atom stereocenters. The van der Waals surface area contributed by atoms with Crippen LogP contribution in [0, 0.1) is 5.92 Å². The molecule has 0 spiro atoms. The number of hydrogen-bond donors (Lipinski definition) is 0. The van der Waals surface area contributed by atoms with Gasteiger partial charge in [-0.1, -0.05) is 6.92 Å². The molecule has 2 unspecified atom stereocenters. The van der Waals surface area contributed by atoms with Gasteiger partial charge in [0, 0.05) is 11.4 Å². The van der Waals surface area contributed by atoms with E-state index in [1.165, 1.54) is 10.4 Å². The molecule has 1 amide bonds. The highest BCUT2D eigenvalue weighted by atomic mass is 35.5. The Labute approximate surface area is 121 Å². The largest absolute Gasteiger partial charge is 0.335 e. The fourth-order valence-electron chi connectivity index (χ4n) is 2.78. The van der Waals surface area contributed by atoms with Crippen molar-refractivity contribution in [2.75, 3.05) is 6.54 Å². The smallest absolute Gasteiger partial charge is 0.229 e. The van der Waals surface area contributed by atoms with Gasteiger partial charge in [-0.15, -0.1) is 34.5 Å². The Kier molecular flexibility index (Phi) is 3.12. The standard InChI is InChI=1S/C13H15Cl2NOS/c1-2-10-8-4-6-18-11(8)3-5-16(10)12(17)9-7-13(9,14)15/h4,6,9-10H,2-3,5,7H2,1H3. The average Bonchev–Trinajstić information content (AvgIpc) is 2.78. The molecule has 3 rings (SSSR count). The summed E-state index contributed by atoms with van der Waals surface area (Å²) in [7, 11) is 0. The van der Waals surface area contributed by atoms with Crippen molar-refractivity contribution >= 4 is 40.4 Å². The molecule has 1 aliphatic heterocycles. The molecule has 1 aromatic rings. The van der Waals surface area contributed by atoms with Crippen LogP contribution in [0.4, 0.5) is 0 Å². The van der Waals surface area contributed by atoms with E-state index in [1.807, 2.05) is 4.90 Å². The second-order valence-corrected chi connectivity index (χ2v) is 7.57. The number of fused-ring (bicyclic) bond motifs is 1. The molecule has 5 heteroatoms. The number of rotatable bonds is 2. The van der Waals surface area contributed by atoms with Crippen LogP contribution in [0.1, 0.15) is 36.2 Å². The normalized spacial score (nSPS) is 28.9. The fourth-order valence-corrected chi connectivity index (χ4v) is 4.21. The van der Waals surface area contributed by atoms with Gasteiger partial charge < -0.3 is 4.90 Å². The minimum absolute atomic E-state index is 0.128. The lowest BCUT2D eigenvalue weighted by Gasteiger charge is -2.35. The van der Waals surface area contributed by atoms with E-state index in [1.54, 1.807) is 11.3 Å². The summed E-state index contributed by atoms with van der Waals surface area (Å²) in [4.78, 5) is 15.8. The fraction of sp³-hybridized carbons (Fsp3) is 0.615. The third-order valence-electron chi connectivity index (χ3n) is 3.89. The maximum absolute atomic E-state index is 12.4. The van der Waals surface area contributed by atoms with Crippen molar-refractivity contribution in [3.63, 3.8) is 0 Å². The third kappa shape index (κ3) is 1.97. The van der Waals surface area contributed by atoms with Crippen molar-refractivity contribution in [3.05, 3.63) is 21.9 Å². The van der Waals surface area contributed by atoms with E-state index in [2.05, 4.69) is 18.4 Å². The van der Waals surface area contributed by atoms with Crippen LogP contribution in [0.15, 0.2) is 11.4 Å². The molecule has 0 aromatic carbocycles. The lowest BCUT2D eigenvalue weighted by atomic mass is 9.97. The van der Waals surface area contributed by atoms with Gasteiger partial charge in [-0.3, -0.25) is 4.79 Å². The maximum Gasteiger partial charge on any atom is 0.229 e. The summed E-state index contributed by atoms with van der Waals surface area (Å²) in [6.45, 7) is 2.92. The number of alkyl halides is 2. The van der Waals surface area contributed by atoms with Gasteiger partial charge in [0.05, 0.1) is 12.0 Å². The van der Waals surface area contributed by atoms with Crippen molar-refractivity contribution in [2.24, 2.45) is 5.92 Å². The van der Waals surface area contributed by atoms with Gasteiger partial charge in [-0.25, -0.2) is 0 Å². The van der Waals surface area contributed by atoms with Gasteiger partial charge in [0.15, 0.2) is 0 Å². The predicted molar refractivity (Wildman–Crippen MR) is 75.3 cm³/mol. The number of amides is 1. The molecule has 0 bridgehead atoms. The Balaban J connectivity index is 1.84. The average molecular weight is 304 g/mol. The minimum Gasteiger partial charge on any atom is -0.335 e. The lowest BCUT2D eigenvalue weighted by molar-refractivity contribution is -0.135. The molecule has 2 aliphatic rings. The summed E-state index contributed by atoms with van der Waals surface area (Å²) in [5, 5.41) is 2.12. The zero-order valence-electron chi connectivity index (χ0n) is 10.2. The summed E-state index contributed by atoms with van der Waals surface area (Å²) in [5.74, 6) is -0.0706. The van der Waals surface area contributed by atoms with Crippen LogP contribution >= 0.6 is 34.5 Å². The minimum atomic E-state index is -0.815. The number of halogens is 2. The monoisotopic (exact) mass is 303 g/mol. The van der Waals surface area contributed by atoms with Crippen LogP contribution in [0.3, 0.4) is 0 Å². The maximum atomic E-state index is 12.4. The molecule has 98 valence electrons. The number of carbonyl (C=O) groups excluding carboxylic acids is 1. The summed E-state index contributed by atoms with van der Waals surface area (Å²) in [5.41, 5.74) is 1.32. The van der Waals surface area contributed by atoms with Crippen LogP contribution in [0.5, 0.6) is 0 Å². The second-order valence-electron chi connectivity index (χ2n) is 5.02. The predicted octanol–water partition coefficient (Wildman–Crippen LogP) is 3.78. The molecule has 1 aromatic heterocycles. The van der Waals surface area contributed by atoms with E-state index >= 15 is 0 Å². The molecule has 0 N–H and O–H groups in total. The molecule has 0 radical (unpaired) electrons. The van der Waals surface area contributed by atoms with Gasteiger partial charge >= 0.3 is 0 Å². The van der Waals surface area contributed by atoms with Gasteiger partial charge in [0.25, 0.3) is 0 Å². The van der Waals surface area contributed by atoms with E-state index in [9.17, 15) is 4.79 Å². The quantitative estimate of drug-likeness (QED) is 0.762. The highest BCUT2D eigenvalue weighted by molar-refractivity contribution is 7.10. The Hall–Kier alpha value is -0.250. The lowest BCUT2D eigenvalue weighted by Crippen LogP contribution is -2.40. The SMILES string of the molecule is CCC1c2ccsc2CCN1C(=O)C1CC1(Cl)Cl. The van der Waals surface area contributed by atoms with Crippen LogP contribution in [0.25, 0.3) is 0 Å². The van der Waals surface area contributed by atoms with E-state index in [-0.39, 0.29) is 17.9 Å². The topological polar surface area (TPSA) is 20.3 Å². The number of thiophene rings is 1. The van der Waals surface area contributed by atoms with Crippen LogP contribution < -0.4 is 0 Å². The van der Waals surface area contributed by atoms with Crippen LogP contribution in [0.2, 0.25) is 0 Å². The Morgan fingerprint density at radius 3 is 2.94 bits per heavy atom. The van der Waals surface area contributed by atoms with Crippen LogP contribution in [-0.2, 0) is 11.2 Å². The van der Waals surface area contributed by atoms with E-state index in [0.717, 1.165) is 19.4 Å². The van der Waals surface area contributed by atoms with Crippen molar-refractivity contribution in [3.8, 4) is 0 Å². The zero-order chi connectivity index (χ0) is 12.9. The second kappa shape index (κ2) is 4.39. The molecule has 1 saturated carbocycles. The Morgan fingerprint density at radius 1 is 1.61 bits per heavy atom. The number of hydrogen-bond acceptors (Lipinski definition) is 2. The molecule has 1 aliphatic carbocycles. The Bertz CT molecular complexity index is 485. The number of carbonyl (C=O) groups is 1. The summed E-state index contributed by atoms with van der Waals surface area (Å²) < 4.78 is -0.815. The van der Waals surface area contributed by atoms with E-state index in [4.69, 9.17) is 23.2 Å². The third-order valence-corrected chi connectivity index (χ3v) is 5.72. The number of nitrogens with zero attached hydrogens (tertiary/aromatic N) is 1.